The third-order valence-corrected chi connectivity index (χ3v) is 7.34. The first-order valence-electron chi connectivity index (χ1n) is 12.0. The summed E-state index contributed by atoms with van der Waals surface area (Å²) in [6.45, 7) is 9.82. The zero-order valence-electron chi connectivity index (χ0n) is 20.6. The lowest BCUT2D eigenvalue weighted by atomic mass is 9.76. The van der Waals surface area contributed by atoms with Crippen LogP contribution in [-0.2, 0) is 20.7 Å². The zero-order chi connectivity index (χ0) is 25.9. The quantitative estimate of drug-likeness (QED) is 0.666. The lowest BCUT2D eigenvalue weighted by Gasteiger charge is -2.47. The van der Waals surface area contributed by atoms with Gasteiger partial charge < -0.3 is 19.5 Å². The number of piperidine rings is 1. The topological polar surface area (TPSA) is 79.3 Å². The average molecular weight is 501 g/mol. The van der Waals surface area contributed by atoms with Crippen LogP contribution in [0.5, 0.6) is 0 Å². The van der Waals surface area contributed by atoms with Crippen LogP contribution < -0.4 is 0 Å². The Kier molecular flexibility index (Phi) is 8.49. The van der Waals surface area contributed by atoms with E-state index in [2.05, 4.69) is 24.8 Å². The van der Waals surface area contributed by atoms with Gasteiger partial charge in [0, 0.05) is 45.4 Å². The predicted octanol–water partition coefficient (Wildman–Crippen LogP) is 3.61. The van der Waals surface area contributed by atoms with Crippen molar-refractivity contribution >= 4 is 11.9 Å². The third-order valence-electron chi connectivity index (χ3n) is 7.34. The summed E-state index contributed by atoms with van der Waals surface area (Å²) in [6, 6.07) is 8.03. The average Bonchev–Trinajstić information content (AvgIpc) is 3.19. The molecule has 1 atom stereocenters. The van der Waals surface area contributed by atoms with Crippen LogP contribution in [0, 0.1) is 5.41 Å². The van der Waals surface area contributed by atoms with Crippen molar-refractivity contribution in [3.8, 4) is 0 Å². The second-order valence-electron chi connectivity index (χ2n) is 10.1. The summed E-state index contributed by atoms with van der Waals surface area (Å²) >= 11 is 0. The molecule has 0 aromatic heterocycles. The van der Waals surface area contributed by atoms with Gasteiger partial charge in [-0.15, -0.1) is 0 Å². The Hall–Kier alpha value is -2.17. The maximum atomic E-state index is 13.0. The van der Waals surface area contributed by atoms with Crippen molar-refractivity contribution < 1.29 is 37.3 Å². The normalized spacial score (nSPS) is 23.4. The molecule has 0 bridgehead atoms. The molecule has 1 unspecified atom stereocenters. The SMILES string of the molecule is CCc1ccccc1C(=O)N1CCC2(CC1)COC(CN1CC(C)(OC)C1)C2.O=C(O)C(F)(F)F. The molecule has 196 valence electrons. The molecular formula is C25H35F3N2O5. The number of halogens is 3. The molecule has 1 amide bonds. The van der Waals surface area contributed by atoms with E-state index in [1.54, 1.807) is 7.11 Å². The Morgan fingerprint density at radius 2 is 1.80 bits per heavy atom. The van der Waals surface area contributed by atoms with Crippen molar-refractivity contribution in [1.82, 2.24) is 9.80 Å². The van der Waals surface area contributed by atoms with Crippen LogP contribution in [-0.4, -0.2) is 91.1 Å². The molecule has 3 fully saturated rings. The molecule has 3 saturated heterocycles. The van der Waals surface area contributed by atoms with Gasteiger partial charge in [0.2, 0.25) is 0 Å². The summed E-state index contributed by atoms with van der Waals surface area (Å²) in [5.74, 6) is -2.56. The number of nitrogens with zero attached hydrogens (tertiary/aromatic N) is 2. The first kappa shape index (κ1) is 27.4. The fraction of sp³-hybridized carbons (Fsp3) is 0.680. The first-order chi connectivity index (χ1) is 16.4. The van der Waals surface area contributed by atoms with E-state index < -0.39 is 12.1 Å². The minimum atomic E-state index is -5.08. The molecule has 10 heteroatoms. The van der Waals surface area contributed by atoms with Crippen LogP contribution in [0.15, 0.2) is 24.3 Å². The fourth-order valence-corrected chi connectivity index (χ4v) is 5.20. The standard InChI is InChI=1S/C23H34N2O3.C2HF3O2/c1-4-18-7-5-6-8-20(18)21(26)25-11-9-23(10-12-25)13-19(28-17-23)14-24-15-22(2,16-24)27-3;3-2(4,5)1(6)7/h5-8,19H,4,9-17H2,1-3H3;(H,6,7). The van der Waals surface area contributed by atoms with Crippen molar-refractivity contribution in [1.29, 1.82) is 0 Å². The number of benzene rings is 1. The molecule has 3 aliphatic heterocycles. The number of aliphatic carboxylic acids is 1. The Morgan fingerprint density at radius 3 is 2.34 bits per heavy atom. The molecule has 1 aromatic rings. The second kappa shape index (κ2) is 10.8. The summed E-state index contributed by atoms with van der Waals surface area (Å²) < 4.78 is 43.5. The van der Waals surface area contributed by atoms with Crippen molar-refractivity contribution in [2.45, 2.75) is 57.4 Å². The number of amides is 1. The molecule has 0 radical (unpaired) electrons. The van der Waals surface area contributed by atoms with Crippen LogP contribution in [0.4, 0.5) is 13.2 Å². The van der Waals surface area contributed by atoms with Gasteiger partial charge in [0.05, 0.1) is 18.3 Å². The predicted molar refractivity (Wildman–Crippen MR) is 123 cm³/mol. The van der Waals surface area contributed by atoms with E-state index in [1.165, 1.54) is 0 Å². The number of carboxylic acids is 1. The lowest BCUT2D eigenvalue weighted by Crippen LogP contribution is -2.62. The summed E-state index contributed by atoms with van der Waals surface area (Å²) in [5.41, 5.74) is 2.31. The van der Waals surface area contributed by atoms with Crippen LogP contribution in [0.3, 0.4) is 0 Å². The first-order valence-corrected chi connectivity index (χ1v) is 12.0. The van der Waals surface area contributed by atoms with Crippen molar-refractivity contribution in [3.05, 3.63) is 35.4 Å². The number of methoxy groups -OCH3 is 1. The van der Waals surface area contributed by atoms with Gasteiger partial charge in [-0.2, -0.15) is 13.2 Å². The van der Waals surface area contributed by atoms with Crippen molar-refractivity contribution in [3.63, 3.8) is 0 Å². The summed E-state index contributed by atoms with van der Waals surface area (Å²) in [5, 5.41) is 7.12. The minimum absolute atomic E-state index is 0.0246. The molecule has 7 nitrogen and oxygen atoms in total. The molecule has 3 heterocycles. The summed E-state index contributed by atoms with van der Waals surface area (Å²) in [7, 11) is 1.80. The van der Waals surface area contributed by atoms with Crippen LogP contribution in [0.25, 0.3) is 0 Å². The van der Waals surface area contributed by atoms with Crippen LogP contribution in [0.1, 0.15) is 49.0 Å². The van der Waals surface area contributed by atoms with Gasteiger partial charge in [-0.3, -0.25) is 9.69 Å². The summed E-state index contributed by atoms with van der Waals surface area (Å²) in [4.78, 5) is 26.4. The molecule has 4 rings (SSSR count). The highest BCUT2D eigenvalue weighted by Crippen LogP contribution is 2.43. The van der Waals surface area contributed by atoms with Crippen molar-refractivity contribution in [2.75, 3.05) is 46.4 Å². The Balaban J connectivity index is 0.000000429. The van der Waals surface area contributed by atoms with Gasteiger partial charge in [-0.25, -0.2) is 4.79 Å². The largest absolute Gasteiger partial charge is 0.490 e. The van der Waals surface area contributed by atoms with E-state index in [0.717, 1.165) is 76.1 Å². The number of carboxylic acid groups (broad SMARTS) is 1. The van der Waals surface area contributed by atoms with Gasteiger partial charge in [0.25, 0.3) is 5.91 Å². The van der Waals surface area contributed by atoms with Gasteiger partial charge in [-0.05, 0) is 49.7 Å². The number of alkyl halides is 3. The van der Waals surface area contributed by atoms with E-state index in [0.29, 0.717) is 6.10 Å². The molecule has 1 N–H and O–H groups in total. The Morgan fingerprint density at radius 1 is 1.20 bits per heavy atom. The smallest absolute Gasteiger partial charge is 0.475 e. The van der Waals surface area contributed by atoms with E-state index in [-0.39, 0.29) is 16.9 Å². The van der Waals surface area contributed by atoms with Gasteiger partial charge in [0.15, 0.2) is 0 Å². The molecule has 1 aromatic carbocycles. The van der Waals surface area contributed by atoms with Gasteiger partial charge in [0.1, 0.15) is 0 Å². The summed E-state index contributed by atoms with van der Waals surface area (Å²) in [6.07, 6.45) is -0.628. The number of rotatable bonds is 5. The highest BCUT2D eigenvalue weighted by molar-refractivity contribution is 5.95. The van der Waals surface area contributed by atoms with Gasteiger partial charge in [-0.1, -0.05) is 25.1 Å². The maximum absolute atomic E-state index is 13.0. The minimum Gasteiger partial charge on any atom is -0.475 e. The number of likely N-dealkylation sites (tertiary alicyclic amines) is 2. The monoisotopic (exact) mass is 500 g/mol. The molecule has 3 aliphatic rings. The van der Waals surface area contributed by atoms with Crippen LogP contribution >= 0.6 is 0 Å². The molecule has 35 heavy (non-hydrogen) atoms. The number of carbonyl (C=O) groups is 2. The molecule has 0 saturated carbocycles. The van der Waals surface area contributed by atoms with E-state index >= 15 is 0 Å². The highest BCUT2D eigenvalue weighted by atomic mass is 19.4. The Bertz CT molecular complexity index is 893. The lowest BCUT2D eigenvalue weighted by molar-refractivity contribution is -0.192. The number of carbonyl (C=O) groups excluding carboxylic acids is 1. The number of aryl methyl sites for hydroxylation is 1. The highest BCUT2D eigenvalue weighted by Gasteiger charge is 2.46. The molecular weight excluding hydrogens is 465 g/mol. The van der Waals surface area contributed by atoms with E-state index in [4.69, 9.17) is 19.4 Å². The van der Waals surface area contributed by atoms with E-state index in [9.17, 15) is 18.0 Å². The van der Waals surface area contributed by atoms with Crippen molar-refractivity contribution in [2.24, 2.45) is 5.41 Å². The van der Waals surface area contributed by atoms with Gasteiger partial charge >= 0.3 is 12.1 Å². The number of ether oxygens (including phenoxy) is 2. The molecule has 1 spiro atoms. The Labute approximate surface area is 204 Å². The van der Waals surface area contributed by atoms with E-state index in [1.807, 2.05) is 23.1 Å². The van der Waals surface area contributed by atoms with Crippen LogP contribution in [0.2, 0.25) is 0 Å². The third kappa shape index (κ3) is 6.74. The zero-order valence-corrected chi connectivity index (χ0v) is 20.6. The second-order valence-corrected chi connectivity index (χ2v) is 10.1. The number of hydrogen-bond donors (Lipinski definition) is 1. The fourth-order valence-electron chi connectivity index (χ4n) is 5.20. The number of hydrogen-bond acceptors (Lipinski definition) is 5. The maximum Gasteiger partial charge on any atom is 0.490 e. The molecule has 0 aliphatic carbocycles.